The minimum atomic E-state index is -0.180. The third-order valence-corrected chi connectivity index (χ3v) is 3.10. The molecule has 0 spiro atoms. The third kappa shape index (κ3) is 4.17. The van der Waals surface area contributed by atoms with E-state index in [9.17, 15) is 9.59 Å². The molecule has 0 fully saturated rings. The number of nitrogens with one attached hydrogen (secondary N) is 2. The summed E-state index contributed by atoms with van der Waals surface area (Å²) >= 11 is 0. The maximum atomic E-state index is 11.0. The van der Waals surface area contributed by atoms with Crippen molar-refractivity contribution in [2.45, 2.75) is 13.8 Å². The average molecular weight is 350 g/mol. The molecule has 0 atom stereocenters. The summed E-state index contributed by atoms with van der Waals surface area (Å²) in [5, 5.41) is 21.3. The highest BCUT2D eigenvalue weighted by molar-refractivity contribution is 5.89. The number of carbonyl (C=O) groups excluding carboxylic acids is 2. The predicted molar refractivity (Wildman–Crippen MR) is 92.7 cm³/mol. The van der Waals surface area contributed by atoms with Gasteiger partial charge in [0.25, 0.3) is 0 Å². The van der Waals surface area contributed by atoms with E-state index in [1.807, 2.05) is 0 Å². The summed E-state index contributed by atoms with van der Waals surface area (Å²) in [4.78, 5) is 30.3. The molecule has 0 saturated carbocycles. The lowest BCUT2D eigenvalue weighted by atomic mass is 10.3. The van der Waals surface area contributed by atoms with Crippen LogP contribution in [-0.2, 0) is 9.59 Å². The number of rotatable bonds is 4. The van der Waals surface area contributed by atoms with Crippen LogP contribution >= 0.6 is 0 Å². The fraction of sp³-hybridized carbons (Fsp3) is 0.125. The topological polar surface area (TPSA) is 136 Å². The van der Waals surface area contributed by atoms with Crippen LogP contribution in [0.5, 0.6) is 0 Å². The van der Waals surface area contributed by atoms with Crippen LogP contribution in [0, 0.1) is 0 Å². The fourth-order valence-electron chi connectivity index (χ4n) is 2.04. The van der Waals surface area contributed by atoms with Gasteiger partial charge in [-0.25, -0.2) is 0 Å². The summed E-state index contributed by atoms with van der Waals surface area (Å²) in [5.41, 5.74) is 2.09. The molecule has 10 heteroatoms. The van der Waals surface area contributed by atoms with Crippen molar-refractivity contribution in [3.63, 3.8) is 0 Å². The number of pyridine rings is 2. The molecule has 3 rings (SSSR count). The molecule has 26 heavy (non-hydrogen) atoms. The predicted octanol–water partition coefficient (Wildman–Crippen LogP) is 1.31. The summed E-state index contributed by atoms with van der Waals surface area (Å²) in [6.45, 7) is 2.83. The van der Waals surface area contributed by atoms with E-state index < -0.39 is 0 Å². The highest BCUT2D eigenvalue weighted by atomic mass is 16.2. The molecule has 0 aliphatic rings. The van der Waals surface area contributed by atoms with E-state index in [0.29, 0.717) is 22.8 Å². The van der Waals surface area contributed by atoms with Crippen LogP contribution in [0.4, 0.5) is 11.4 Å². The smallest absolute Gasteiger partial charge is 0.221 e. The quantitative estimate of drug-likeness (QED) is 0.719. The second-order valence-electron chi connectivity index (χ2n) is 5.27. The Morgan fingerprint density at radius 3 is 1.35 bits per heavy atom. The number of aromatic nitrogens is 6. The van der Waals surface area contributed by atoms with Gasteiger partial charge in [0.05, 0.1) is 23.8 Å². The molecule has 0 saturated heterocycles. The SMILES string of the molecule is CC(=O)Nc1ccc(-c2nnc(-c3ccc(NC(C)=O)cn3)nn2)nc1. The van der Waals surface area contributed by atoms with Crippen LogP contribution in [0.3, 0.4) is 0 Å². The van der Waals surface area contributed by atoms with Gasteiger partial charge in [0.1, 0.15) is 11.4 Å². The first-order valence-electron chi connectivity index (χ1n) is 7.57. The van der Waals surface area contributed by atoms with Crippen LogP contribution in [0.2, 0.25) is 0 Å². The van der Waals surface area contributed by atoms with E-state index in [4.69, 9.17) is 0 Å². The van der Waals surface area contributed by atoms with E-state index in [2.05, 4.69) is 41.0 Å². The molecular formula is C16H14N8O2. The lowest BCUT2D eigenvalue weighted by molar-refractivity contribution is -0.115. The number of hydrogen-bond acceptors (Lipinski definition) is 8. The van der Waals surface area contributed by atoms with Crippen LogP contribution < -0.4 is 10.6 Å². The number of carbonyl (C=O) groups is 2. The molecule has 2 N–H and O–H groups in total. The standard InChI is InChI=1S/C16H14N8O2/c1-9(25)19-11-3-5-13(17-7-11)15-21-23-16(24-22-15)14-6-4-12(8-18-14)20-10(2)26/h3-8H,1-2H3,(H,19,25)(H,20,26). The van der Waals surface area contributed by atoms with Crippen molar-refractivity contribution in [1.29, 1.82) is 0 Å². The highest BCUT2D eigenvalue weighted by Crippen LogP contribution is 2.16. The second kappa shape index (κ2) is 7.38. The summed E-state index contributed by atoms with van der Waals surface area (Å²) in [6.07, 6.45) is 2.99. The van der Waals surface area contributed by atoms with E-state index >= 15 is 0 Å². The molecule has 10 nitrogen and oxygen atoms in total. The Kier molecular flexibility index (Phi) is 4.83. The summed E-state index contributed by atoms with van der Waals surface area (Å²) in [6, 6.07) is 6.68. The monoisotopic (exact) mass is 350 g/mol. The molecule has 0 unspecified atom stereocenters. The normalized spacial score (nSPS) is 10.2. The van der Waals surface area contributed by atoms with Gasteiger partial charge in [-0.2, -0.15) is 0 Å². The third-order valence-electron chi connectivity index (χ3n) is 3.10. The Morgan fingerprint density at radius 2 is 1.08 bits per heavy atom. The molecule has 0 radical (unpaired) electrons. The van der Waals surface area contributed by atoms with Crippen molar-refractivity contribution in [3.8, 4) is 23.0 Å². The zero-order chi connectivity index (χ0) is 18.5. The highest BCUT2D eigenvalue weighted by Gasteiger charge is 2.09. The van der Waals surface area contributed by atoms with Crippen molar-refractivity contribution < 1.29 is 9.59 Å². The van der Waals surface area contributed by atoms with Gasteiger partial charge < -0.3 is 10.6 Å². The number of anilines is 2. The molecule has 3 heterocycles. The van der Waals surface area contributed by atoms with Gasteiger partial charge in [-0.15, -0.1) is 20.4 Å². The first-order chi connectivity index (χ1) is 12.5. The Labute approximate surface area is 148 Å². The Morgan fingerprint density at radius 1 is 0.692 bits per heavy atom. The fourth-order valence-corrected chi connectivity index (χ4v) is 2.04. The zero-order valence-corrected chi connectivity index (χ0v) is 14.0. The van der Waals surface area contributed by atoms with Gasteiger partial charge in [-0.3, -0.25) is 19.6 Å². The van der Waals surface area contributed by atoms with Crippen LogP contribution in [0.15, 0.2) is 36.7 Å². The van der Waals surface area contributed by atoms with Crippen molar-refractivity contribution in [2.24, 2.45) is 0 Å². The average Bonchev–Trinajstić information content (AvgIpc) is 2.62. The van der Waals surface area contributed by atoms with Crippen molar-refractivity contribution in [3.05, 3.63) is 36.7 Å². The Hall–Kier alpha value is -3.82. The molecule has 0 aliphatic carbocycles. The minimum absolute atomic E-state index is 0.180. The van der Waals surface area contributed by atoms with Crippen LogP contribution in [0.25, 0.3) is 23.0 Å². The van der Waals surface area contributed by atoms with E-state index in [-0.39, 0.29) is 23.5 Å². The molecule has 3 aromatic heterocycles. The van der Waals surface area contributed by atoms with Gasteiger partial charge in [0, 0.05) is 13.8 Å². The molecule has 0 aliphatic heterocycles. The first kappa shape index (κ1) is 17.0. The summed E-state index contributed by atoms with van der Waals surface area (Å²) in [5.74, 6) is 0.136. The van der Waals surface area contributed by atoms with Gasteiger partial charge in [-0.1, -0.05) is 0 Å². The van der Waals surface area contributed by atoms with Gasteiger partial charge in [0.15, 0.2) is 0 Å². The van der Waals surface area contributed by atoms with Crippen LogP contribution in [0.1, 0.15) is 13.8 Å². The molecule has 3 aromatic rings. The Bertz CT molecular complexity index is 845. The van der Waals surface area contributed by atoms with E-state index in [1.54, 1.807) is 24.3 Å². The summed E-state index contributed by atoms with van der Waals surface area (Å²) < 4.78 is 0. The molecule has 2 amide bonds. The van der Waals surface area contributed by atoms with Gasteiger partial charge in [-0.05, 0) is 24.3 Å². The van der Waals surface area contributed by atoms with Crippen molar-refractivity contribution in [2.75, 3.05) is 10.6 Å². The lowest BCUT2D eigenvalue weighted by Gasteiger charge is -2.04. The zero-order valence-electron chi connectivity index (χ0n) is 14.0. The minimum Gasteiger partial charge on any atom is -0.325 e. The number of amides is 2. The van der Waals surface area contributed by atoms with Crippen LogP contribution in [-0.4, -0.2) is 42.2 Å². The number of hydrogen-bond donors (Lipinski definition) is 2. The van der Waals surface area contributed by atoms with E-state index in [1.165, 1.54) is 26.2 Å². The van der Waals surface area contributed by atoms with E-state index in [0.717, 1.165) is 0 Å². The van der Waals surface area contributed by atoms with Gasteiger partial charge in [0.2, 0.25) is 23.5 Å². The first-order valence-corrected chi connectivity index (χ1v) is 7.57. The number of nitrogens with zero attached hydrogens (tertiary/aromatic N) is 6. The Balaban J connectivity index is 1.75. The van der Waals surface area contributed by atoms with Gasteiger partial charge >= 0.3 is 0 Å². The molecule has 0 bridgehead atoms. The maximum absolute atomic E-state index is 11.0. The molecule has 0 aromatic carbocycles. The van der Waals surface area contributed by atoms with Crippen molar-refractivity contribution in [1.82, 2.24) is 30.4 Å². The summed E-state index contributed by atoms with van der Waals surface area (Å²) in [7, 11) is 0. The van der Waals surface area contributed by atoms with Crippen molar-refractivity contribution >= 4 is 23.2 Å². The largest absolute Gasteiger partial charge is 0.325 e. The second-order valence-corrected chi connectivity index (χ2v) is 5.27. The molecule has 130 valence electrons. The maximum Gasteiger partial charge on any atom is 0.221 e. The lowest BCUT2D eigenvalue weighted by Crippen LogP contribution is -2.07. The molecular weight excluding hydrogens is 336 g/mol.